The third-order valence-electron chi connectivity index (χ3n) is 5.10. The highest BCUT2D eigenvalue weighted by atomic mass is 16.3. The number of hydrogen-bond acceptors (Lipinski definition) is 2. The topological polar surface area (TPSA) is 38.0 Å². The SMILES string of the molecule is CCC(C)n1ccc(CC2CC(C(C)C)CCC2O)n1. The summed E-state index contributed by atoms with van der Waals surface area (Å²) in [6, 6.07) is 2.58. The number of aromatic nitrogens is 2. The molecule has 4 unspecified atom stereocenters. The molecule has 1 saturated carbocycles. The summed E-state index contributed by atoms with van der Waals surface area (Å²) in [5.41, 5.74) is 1.14. The van der Waals surface area contributed by atoms with Crippen LogP contribution in [0.15, 0.2) is 12.3 Å². The van der Waals surface area contributed by atoms with Gasteiger partial charge in [-0.3, -0.25) is 4.68 Å². The lowest BCUT2D eigenvalue weighted by Gasteiger charge is -2.35. The second-order valence-electron chi connectivity index (χ2n) is 6.89. The fourth-order valence-electron chi connectivity index (χ4n) is 3.30. The van der Waals surface area contributed by atoms with E-state index in [0.717, 1.165) is 43.2 Å². The zero-order chi connectivity index (χ0) is 14.7. The second-order valence-corrected chi connectivity index (χ2v) is 6.89. The molecule has 0 bridgehead atoms. The summed E-state index contributed by atoms with van der Waals surface area (Å²) in [4.78, 5) is 0. The monoisotopic (exact) mass is 278 g/mol. The Kier molecular flexibility index (Phi) is 5.25. The molecule has 20 heavy (non-hydrogen) atoms. The minimum Gasteiger partial charge on any atom is -0.393 e. The van der Waals surface area contributed by atoms with Crippen LogP contribution >= 0.6 is 0 Å². The van der Waals surface area contributed by atoms with Gasteiger partial charge in [0.1, 0.15) is 0 Å². The molecular weight excluding hydrogens is 248 g/mol. The largest absolute Gasteiger partial charge is 0.393 e. The average molecular weight is 278 g/mol. The molecule has 0 amide bonds. The van der Waals surface area contributed by atoms with Gasteiger partial charge in [0.2, 0.25) is 0 Å². The summed E-state index contributed by atoms with van der Waals surface area (Å²) in [5.74, 6) is 1.87. The Morgan fingerprint density at radius 2 is 2.10 bits per heavy atom. The Morgan fingerprint density at radius 1 is 1.35 bits per heavy atom. The Hall–Kier alpha value is -0.830. The van der Waals surface area contributed by atoms with E-state index < -0.39 is 0 Å². The Bertz CT molecular complexity index is 413. The van der Waals surface area contributed by atoms with Crippen LogP contribution in [0, 0.1) is 17.8 Å². The molecule has 1 fully saturated rings. The molecule has 0 aliphatic heterocycles. The van der Waals surface area contributed by atoms with Crippen LogP contribution in [-0.4, -0.2) is 21.0 Å². The van der Waals surface area contributed by atoms with Crippen molar-refractivity contribution < 1.29 is 5.11 Å². The van der Waals surface area contributed by atoms with Crippen molar-refractivity contribution in [2.45, 2.75) is 71.9 Å². The number of hydrogen-bond donors (Lipinski definition) is 1. The molecule has 1 aromatic heterocycles. The van der Waals surface area contributed by atoms with Crippen molar-refractivity contribution in [1.82, 2.24) is 9.78 Å². The third kappa shape index (κ3) is 3.63. The molecule has 114 valence electrons. The molecule has 0 aromatic carbocycles. The quantitative estimate of drug-likeness (QED) is 0.889. The van der Waals surface area contributed by atoms with Gasteiger partial charge in [0.15, 0.2) is 0 Å². The van der Waals surface area contributed by atoms with Gasteiger partial charge in [0.25, 0.3) is 0 Å². The first-order chi connectivity index (χ1) is 9.51. The van der Waals surface area contributed by atoms with Crippen LogP contribution in [0.1, 0.15) is 65.1 Å². The molecule has 3 nitrogen and oxygen atoms in total. The zero-order valence-corrected chi connectivity index (χ0v) is 13.4. The lowest BCUT2D eigenvalue weighted by Crippen LogP contribution is -2.32. The van der Waals surface area contributed by atoms with Crippen LogP contribution in [0.25, 0.3) is 0 Å². The van der Waals surface area contributed by atoms with E-state index in [9.17, 15) is 5.11 Å². The van der Waals surface area contributed by atoms with Gasteiger partial charge < -0.3 is 5.11 Å². The van der Waals surface area contributed by atoms with Crippen molar-refractivity contribution >= 4 is 0 Å². The summed E-state index contributed by atoms with van der Waals surface area (Å²) in [6.45, 7) is 8.99. The summed E-state index contributed by atoms with van der Waals surface area (Å²) in [5, 5.41) is 14.9. The Labute approximate surface area is 123 Å². The fraction of sp³-hybridized carbons (Fsp3) is 0.824. The zero-order valence-electron chi connectivity index (χ0n) is 13.4. The molecule has 1 heterocycles. The molecular formula is C17H30N2O. The minimum atomic E-state index is -0.140. The summed E-state index contributed by atoms with van der Waals surface area (Å²) >= 11 is 0. The van der Waals surface area contributed by atoms with Gasteiger partial charge >= 0.3 is 0 Å². The van der Waals surface area contributed by atoms with E-state index in [1.807, 2.05) is 0 Å². The van der Waals surface area contributed by atoms with Crippen LogP contribution in [0.2, 0.25) is 0 Å². The highest BCUT2D eigenvalue weighted by molar-refractivity contribution is 5.02. The first kappa shape index (κ1) is 15.6. The first-order valence-corrected chi connectivity index (χ1v) is 8.23. The molecule has 0 spiro atoms. The van der Waals surface area contributed by atoms with Crippen LogP contribution < -0.4 is 0 Å². The molecule has 1 aliphatic rings. The van der Waals surface area contributed by atoms with Crippen molar-refractivity contribution in [3.63, 3.8) is 0 Å². The maximum absolute atomic E-state index is 10.3. The van der Waals surface area contributed by atoms with Gasteiger partial charge in [-0.1, -0.05) is 20.8 Å². The second kappa shape index (κ2) is 6.75. The lowest BCUT2D eigenvalue weighted by atomic mass is 9.73. The van der Waals surface area contributed by atoms with Gasteiger partial charge in [0.05, 0.1) is 11.8 Å². The van der Waals surface area contributed by atoms with E-state index in [1.54, 1.807) is 0 Å². The first-order valence-electron chi connectivity index (χ1n) is 8.23. The van der Waals surface area contributed by atoms with Crippen LogP contribution in [-0.2, 0) is 6.42 Å². The van der Waals surface area contributed by atoms with E-state index >= 15 is 0 Å². The maximum Gasteiger partial charge on any atom is 0.0628 e. The molecule has 2 rings (SSSR count). The van der Waals surface area contributed by atoms with Crippen LogP contribution in [0.4, 0.5) is 0 Å². The normalized spacial score (nSPS) is 28.8. The van der Waals surface area contributed by atoms with E-state index in [2.05, 4.69) is 49.7 Å². The van der Waals surface area contributed by atoms with Crippen molar-refractivity contribution in [3.05, 3.63) is 18.0 Å². The molecule has 4 atom stereocenters. The van der Waals surface area contributed by atoms with Crippen molar-refractivity contribution in [1.29, 1.82) is 0 Å². The van der Waals surface area contributed by atoms with E-state index in [-0.39, 0.29) is 6.10 Å². The number of rotatable bonds is 5. The highest BCUT2D eigenvalue weighted by Gasteiger charge is 2.31. The van der Waals surface area contributed by atoms with E-state index in [4.69, 9.17) is 0 Å². The number of aliphatic hydroxyl groups excluding tert-OH is 1. The van der Waals surface area contributed by atoms with Gasteiger partial charge in [-0.15, -0.1) is 0 Å². The van der Waals surface area contributed by atoms with Crippen molar-refractivity contribution in [3.8, 4) is 0 Å². The Balaban J connectivity index is 1.98. The average Bonchev–Trinajstić information content (AvgIpc) is 2.88. The highest BCUT2D eigenvalue weighted by Crippen LogP contribution is 2.35. The summed E-state index contributed by atoms with van der Waals surface area (Å²) in [7, 11) is 0. The smallest absolute Gasteiger partial charge is 0.0628 e. The molecule has 0 radical (unpaired) electrons. The van der Waals surface area contributed by atoms with Gasteiger partial charge in [0, 0.05) is 12.2 Å². The molecule has 0 saturated heterocycles. The van der Waals surface area contributed by atoms with E-state index in [0.29, 0.717) is 12.0 Å². The summed E-state index contributed by atoms with van der Waals surface area (Å²) in [6.07, 6.45) is 7.25. The Morgan fingerprint density at radius 3 is 2.75 bits per heavy atom. The number of nitrogens with zero attached hydrogens (tertiary/aromatic N) is 2. The predicted octanol–water partition coefficient (Wildman–Crippen LogP) is 3.83. The number of aliphatic hydroxyl groups is 1. The summed E-state index contributed by atoms with van der Waals surface area (Å²) < 4.78 is 2.06. The molecule has 1 aromatic rings. The molecule has 1 aliphatic carbocycles. The van der Waals surface area contributed by atoms with Gasteiger partial charge in [-0.25, -0.2) is 0 Å². The maximum atomic E-state index is 10.3. The predicted molar refractivity (Wildman–Crippen MR) is 82.6 cm³/mol. The minimum absolute atomic E-state index is 0.140. The van der Waals surface area contributed by atoms with Gasteiger partial charge in [-0.2, -0.15) is 5.10 Å². The third-order valence-corrected chi connectivity index (χ3v) is 5.10. The fourth-order valence-corrected chi connectivity index (χ4v) is 3.30. The van der Waals surface area contributed by atoms with Gasteiger partial charge in [-0.05, 0) is 62.8 Å². The van der Waals surface area contributed by atoms with Crippen molar-refractivity contribution in [2.75, 3.05) is 0 Å². The molecule has 3 heteroatoms. The van der Waals surface area contributed by atoms with Crippen LogP contribution in [0.3, 0.4) is 0 Å². The standard InChI is InChI=1S/C17H30N2O/c1-5-13(4)19-9-8-16(18-19)11-15-10-14(12(2)3)6-7-17(15)20/h8-9,12-15,17,20H,5-7,10-11H2,1-4H3. The lowest BCUT2D eigenvalue weighted by molar-refractivity contribution is 0.0373. The molecule has 1 N–H and O–H groups in total. The van der Waals surface area contributed by atoms with E-state index in [1.165, 1.54) is 6.42 Å². The van der Waals surface area contributed by atoms with Crippen molar-refractivity contribution in [2.24, 2.45) is 17.8 Å². The van der Waals surface area contributed by atoms with Crippen LogP contribution in [0.5, 0.6) is 0 Å².